The van der Waals surface area contributed by atoms with Crippen LogP contribution in [0.4, 0.5) is 0 Å². The molecule has 0 spiro atoms. The smallest absolute Gasteiger partial charge is 0.324 e. The van der Waals surface area contributed by atoms with E-state index in [1.165, 1.54) is 17.4 Å². The molecule has 1 fully saturated rings. The average molecular weight is 396 g/mol. The molecule has 1 aliphatic carbocycles. The number of halogens is 1. The predicted octanol–water partition coefficient (Wildman–Crippen LogP) is 3.27. The monoisotopic (exact) mass is 395 g/mol. The fourth-order valence-electron chi connectivity index (χ4n) is 2.70. The molecular weight excluding hydrogens is 378 g/mol. The Kier molecular flexibility index (Phi) is 5.12. The topological polar surface area (TPSA) is 83.5 Å². The Balaban J connectivity index is 2.36. The largest absolute Gasteiger partial charge is 0.480 e. The Hall–Kier alpha value is -0.440. The molecular formula is C13H18BrNO4S2. The molecule has 0 saturated heterocycles. The molecule has 2 rings (SSSR count). The second-order valence-corrected chi connectivity index (χ2v) is 9.66. The van der Waals surface area contributed by atoms with E-state index in [4.69, 9.17) is 0 Å². The quantitative estimate of drug-likeness (QED) is 0.766. The lowest BCUT2D eigenvalue weighted by molar-refractivity contribution is -0.144. The van der Waals surface area contributed by atoms with E-state index >= 15 is 0 Å². The van der Waals surface area contributed by atoms with Crippen LogP contribution in [0.25, 0.3) is 0 Å². The molecule has 0 aromatic carbocycles. The van der Waals surface area contributed by atoms with Crippen molar-refractivity contribution in [2.75, 3.05) is 0 Å². The summed E-state index contributed by atoms with van der Waals surface area (Å²) in [5.74, 6) is -1.08. The van der Waals surface area contributed by atoms with E-state index in [1.807, 2.05) is 0 Å². The van der Waals surface area contributed by atoms with Crippen molar-refractivity contribution in [3.05, 3.63) is 14.7 Å². The summed E-state index contributed by atoms with van der Waals surface area (Å²) in [5.41, 5.74) is -1.38. The third-order valence-corrected chi connectivity index (χ3v) is 7.17. The first-order valence-electron chi connectivity index (χ1n) is 6.80. The highest BCUT2D eigenvalue weighted by molar-refractivity contribution is 9.11. The second-order valence-electron chi connectivity index (χ2n) is 5.38. The summed E-state index contributed by atoms with van der Waals surface area (Å²) in [6, 6.07) is 1.52. The zero-order valence-corrected chi connectivity index (χ0v) is 14.9. The third-order valence-electron chi connectivity index (χ3n) is 3.83. The van der Waals surface area contributed by atoms with Crippen molar-refractivity contribution >= 4 is 43.3 Å². The Bertz CT molecular complexity index is 631. The molecule has 2 N–H and O–H groups in total. The zero-order valence-electron chi connectivity index (χ0n) is 11.7. The van der Waals surface area contributed by atoms with Crippen LogP contribution in [0.1, 0.15) is 43.4 Å². The maximum atomic E-state index is 12.6. The summed E-state index contributed by atoms with van der Waals surface area (Å²) < 4.78 is 28.3. The summed E-state index contributed by atoms with van der Waals surface area (Å²) in [5, 5.41) is 9.56. The van der Waals surface area contributed by atoms with E-state index < -0.39 is 21.5 Å². The highest BCUT2D eigenvalue weighted by Crippen LogP contribution is 2.33. The van der Waals surface area contributed by atoms with Crippen LogP contribution in [0, 0.1) is 6.92 Å². The van der Waals surface area contributed by atoms with E-state index in [1.54, 1.807) is 6.92 Å². The van der Waals surface area contributed by atoms with Crippen LogP contribution in [0.5, 0.6) is 0 Å². The van der Waals surface area contributed by atoms with Gasteiger partial charge in [0.15, 0.2) is 0 Å². The van der Waals surface area contributed by atoms with Gasteiger partial charge in [0.2, 0.25) is 10.0 Å². The minimum Gasteiger partial charge on any atom is -0.480 e. The van der Waals surface area contributed by atoms with Gasteiger partial charge in [-0.2, -0.15) is 4.72 Å². The highest BCUT2D eigenvalue weighted by Gasteiger charge is 2.42. The Labute approximate surface area is 136 Å². The molecule has 0 amide bonds. The van der Waals surface area contributed by atoms with Crippen LogP contribution < -0.4 is 4.72 Å². The lowest BCUT2D eigenvalue weighted by atomic mass is 9.92. The van der Waals surface area contributed by atoms with Gasteiger partial charge in [-0.1, -0.05) is 25.7 Å². The molecule has 1 aliphatic rings. The van der Waals surface area contributed by atoms with Crippen LogP contribution in [0.2, 0.25) is 0 Å². The van der Waals surface area contributed by atoms with Gasteiger partial charge >= 0.3 is 5.97 Å². The molecule has 0 unspecified atom stereocenters. The number of carboxylic acids is 1. The summed E-state index contributed by atoms with van der Waals surface area (Å²) in [6.45, 7) is 1.71. The van der Waals surface area contributed by atoms with Crippen LogP contribution in [-0.4, -0.2) is 25.0 Å². The molecule has 1 saturated carbocycles. The number of thiophene rings is 1. The number of carbonyl (C=O) groups is 1. The number of rotatable bonds is 4. The molecule has 1 aromatic heterocycles. The molecule has 0 radical (unpaired) electrons. The van der Waals surface area contributed by atoms with Crippen molar-refractivity contribution in [3.63, 3.8) is 0 Å². The molecule has 1 heterocycles. The lowest BCUT2D eigenvalue weighted by Crippen LogP contribution is -2.54. The van der Waals surface area contributed by atoms with Gasteiger partial charge in [0.1, 0.15) is 5.54 Å². The number of aryl methyl sites for hydroxylation is 1. The highest BCUT2D eigenvalue weighted by atomic mass is 79.9. The summed E-state index contributed by atoms with van der Waals surface area (Å²) >= 11 is 4.59. The SMILES string of the molecule is Cc1sc(Br)cc1S(=O)(=O)NC1(C(=O)O)CCCCCC1. The van der Waals surface area contributed by atoms with E-state index in [-0.39, 0.29) is 4.90 Å². The van der Waals surface area contributed by atoms with Crippen molar-refractivity contribution < 1.29 is 18.3 Å². The molecule has 0 bridgehead atoms. The number of hydrogen-bond donors (Lipinski definition) is 2. The Morgan fingerprint density at radius 1 is 1.33 bits per heavy atom. The third kappa shape index (κ3) is 3.67. The molecule has 118 valence electrons. The van der Waals surface area contributed by atoms with Crippen molar-refractivity contribution in [1.82, 2.24) is 4.72 Å². The number of sulfonamides is 1. The molecule has 8 heteroatoms. The molecule has 21 heavy (non-hydrogen) atoms. The number of carboxylic acid groups (broad SMARTS) is 1. The van der Waals surface area contributed by atoms with Crippen LogP contribution >= 0.6 is 27.3 Å². The zero-order chi connectivity index (χ0) is 15.7. The van der Waals surface area contributed by atoms with Crippen molar-refractivity contribution in [2.24, 2.45) is 0 Å². The van der Waals surface area contributed by atoms with Gasteiger partial charge < -0.3 is 5.11 Å². The van der Waals surface area contributed by atoms with Gasteiger partial charge in [-0.05, 0) is 41.8 Å². The van der Waals surface area contributed by atoms with Crippen molar-refractivity contribution in [1.29, 1.82) is 0 Å². The fourth-order valence-corrected chi connectivity index (χ4v) is 6.53. The maximum absolute atomic E-state index is 12.6. The minimum atomic E-state index is -3.84. The van der Waals surface area contributed by atoms with E-state index in [0.717, 1.165) is 25.7 Å². The predicted molar refractivity (Wildman–Crippen MR) is 85.1 cm³/mol. The first kappa shape index (κ1) is 16.9. The van der Waals surface area contributed by atoms with E-state index in [0.29, 0.717) is 21.5 Å². The Morgan fingerprint density at radius 3 is 2.33 bits per heavy atom. The van der Waals surface area contributed by atoms with E-state index in [9.17, 15) is 18.3 Å². The normalized spacial score (nSPS) is 19.1. The van der Waals surface area contributed by atoms with Crippen LogP contribution in [0.15, 0.2) is 14.7 Å². The van der Waals surface area contributed by atoms with Gasteiger partial charge in [-0.15, -0.1) is 11.3 Å². The average Bonchev–Trinajstić information content (AvgIpc) is 2.60. The Morgan fingerprint density at radius 2 is 1.90 bits per heavy atom. The number of nitrogens with one attached hydrogen (secondary N) is 1. The van der Waals surface area contributed by atoms with E-state index in [2.05, 4.69) is 20.7 Å². The first-order valence-corrected chi connectivity index (χ1v) is 9.89. The van der Waals surface area contributed by atoms with Crippen molar-refractivity contribution in [3.8, 4) is 0 Å². The van der Waals surface area contributed by atoms with Gasteiger partial charge in [0, 0.05) is 4.88 Å². The molecule has 1 aromatic rings. The van der Waals surface area contributed by atoms with Crippen LogP contribution in [0.3, 0.4) is 0 Å². The standard InChI is InChI=1S/C13H18BrNO4S2/c1-9-10(8-11(14)20-9)21(18,19)15-13(12(16)17)6-4-2-3-5-7-13/h8,15H,2-7H2,1H3,(H,16,17). The summed E-state index contributed by atoms with van der Waals surface area (Å²) in [4.78, 5) is 12.5. The molecule has 5 nitrogen and oxygen atoms in total. The molecule has 0 atom stereocenters. The van der Waals surface area contributed by atoms with Crippen molar-refractivity contribution in [2.45, 2.75) is 55.9 Å². The number of aliphatic carboxylic acids is 1. The summed E-state index contributed by atoms with van der Waals surface area (Å²) in [6.07, 6.45) is 4.01. The lowest BCUT2D eigenvalue weighted by Gasteiger charge is -2.28. The molecule has 0 aliphatic heterocycles. The van der Waals surface area contributed by atoms with Gasteiger partial charge in [-0.3, -0.25) is 4.79 Å². The van der Waals surface area contributed by atoms with Gasteiger partial charge in [0.05, 0.1) is 8.68 Å². The maximum Gasteiger partial charge on any atom is 0.324 e. The summed E-state index contributed by atoms with van der Waals surface area (Å²) in [7, 11) is -3.84. The van der Waals surface area contributed by atoms with Crippen LogP contribution in [-0.2, 0) is 14.8 Å². The number of hydrogen-bond acceptors (Lipinski definition) is 4. The first-order chi connectivity index (χ1) is 9.77. The fraction of sp³-hybridized carbons (Fsp3) is 0.615. The van der Waals surface area contributed by atoms with Gasteiger partial charge in [-0.25, -0.2) is 8.42 Å². The van der Waals surface area contributed by atoms with Gasteiger partial charge in [0.25, 0.3) is 0 Å². The minimum absolute atomic E-state index is 0.157. The second kappa shape index (κ2) is 6.36.